The minimum atomic E-state index is -3.79. The number of anilines is 2. The molecule has 0 aliphatic rings. The van der Waals surface area contributed by atoms with Gasteiger partial charge in [-0.2, -0.15) is 0 Å². The van der Waals surface area contributed by atoms with Crippen molar-refractivity contribution in [3.63, 3.8) is 0 Å². The molecule has 0 radical (unpaired) electrons. The van der Waals surface area contributed by atoms with Crippen LogP contribution in [0.2, 0.25) is 5.02 Å². The van der Waals surface area contributed by atoms with Crippen LogP contribution in [-0.2, 0) is 14.8 Å². The SMILES string of the molecule is CCOc1ccc(NS(=O)(=O)c2ccc(NC(=O)[C@H](CC)Oc3ccc(Cl)cc3)cc2)cc1. The number of halogens is 1. The molecular weight excluding hydrogens is 464 g/mol. The predicted molar refractivity (Wildman–Crippen MR) is 130 cm³/mol. The van der Waals surface area contributed by atoms with Crippen LogP contribution in [-0.4, -0.2) is 27.0 Å². The lowest BCUT2D eigenvalue weighted by Gasteiger charge is -2.17. The molecule has 3 aromatic rings. The Kier molecular flexibility index (Phi) is 8.19. The molecule has 3 aromatic carbocycles. The first-order valence-electron chi connectivity index (χ1n) is 10.4. The van der Waals surface area contributed by atoms with Crippen molar-refractivity contribution in [2.24, 2.45) is 0 Å². The Morgan fingerprint density at radius 1 is 0.879 bits per heavy atom. The number of benzene rings is 3. The Morgan fingerprint density at radius 3 is 2.03 bits per heavy atom. The fourth-order valence-corrected chi connectivity index (χ4v) is 4.12. The number of carbonyl (C=O) groups excluding carboxylic acids is 1. The second kappa shape index (κ2) is 11.1. The maximum atomic E-state index is 12.7. The van der Waals surface area contributed by atoms with Crippen LogP contribution in [0, 0.1) is 0 Å². The number of sulfonamides is 1. The van der Waals surface area contributed by atoms with Gasteiger partial charge >= 0.3 is 0 Å². The standard InChI is InChI=1S/C24H25ClN2O5S/c1-3-23(32-21-11-5-17(25)6-12-21)24(28)26-18-9-15-22(16-10-18)33(29,30)27-19-7-13-20(14-8-19)31-4-2/h5-16,23,27H,3-4H2,1-2H3,(H,26,28)/t23-/m0/s1. The highest BCUT2D eigenvalue weighted by Gasteiger charge is 2.19. The molecule has 3 rings (SSSR count). The Balaban J connectivity index is 1.63. The Hall–Kier alpha value is -3.23. The van der Waals surface area contributed by atoms with Gasteiger partial charge in [-0.05, 0) is 86.1 Å². The molecule has 0 aliphatic heterocycles. The number of rotatable bonds is 10. The molecule has 0 saturated heterocycles. The van der Waals surface area contributed by atoms with Crippen molar-refractivity contribution in [1.82, 2.24) is 0 Å². The molecule has 0 fully saturated rings. The molecule has 1 atom stereocenters. The molecule has 7 nitrogen and oxygen atoms in total. The van der Waals surface area contributed by atoms with Crippen LogP contribution in [0.4, 0.5) is 11.4 Å². The summed E-state index contributed by atoms with van der Waals surface area (Å²) in [5.74, 6) is 0.852. The molecule has 174 valence electrons. The van der Waals surface area contributed by atoms with E-state index in [2.05, 4.69) is 10.0 Å². The number of hydrogen-bond donors (Lipinski definition) is 2. The molecule has 0 aromatic heterocycles. The summed E-state index contributed by atoms with van der Waals surface area (Å²) in [5.41, 5.74) is 0.874. The normalized spacial score (nSPS) is 12.0. The highest BCUT2D eigenvalue weighted by Crippen LogP contribution is 2.22. The van der Waals surface area contributed by atoms with E-state index in [9.17, 15) is 13.2 Å². The van der Waals surface area contributed by atoms with Gasteiger partial charge in [-0.1, -0.05) is 18.5 Å². The predicted octanol–water partition coefficient (Wildman–Crippen LogP) is 5.34. The van der Waals surface area contributed by atoms with E-state index in [1.807, 2.05) is 13.8 Å². The molecule has 0 spiro atoms. The number of nitrogens with one attached hydrogen (secondary N) is 2. The molecule has 1 amide bonds. The summed E-state index contributed by atoms with van der Waals surface area (Å²) < 4.78 is 39.0. The lowest BCUT2D eigenvalue weighted by atomic mass is 10.2. The first-order chi connectivity index (χ1) is 15.8. The van der Waals surface area contributed by atoms with Crippen molar-refractivity contribution in [3.05, 3.63) is 77.8 Å². The van der Waals surface area contributed by atoms with Crippen molar-refractivity contribution in [3.8, 4) is 11.5 Å². The second-order valence-electron chi connectivity index (χ2n) is 7.05. The number of hydrogen-bond acceptors (Lipinski definition) is 5. The van der Waals surface area contributed by atoms with E-state index in [4.69, 9.17) is 21.1 Å². The van der Waals surface area contributed by atoms with Gasteiger partial charge in [0.1, 0.15) is 11.5 Å². The van der Waals surface area contributed by atoms with E-state index in [0.29, 0.717) is 40.9 Å². The third kappa shape index (κ3) is 6.87. The van der Waals surface area contributed by atoms with Gasteiger partial charge in [0.2, 0.25) is 0 Å². The van der Waals surface area contributed by atoms with Gasteiger partial charge < -0.3 is 14.8 Å². The zero-order valence-electron chi connectivity index (χ0n) is 18.2. The van der Waals surface area contributed by atoms with Crippen LogP contribution in [0.15, 0.2) is 77.7 Å². The Bertz CT molecular complexity index is 1160. The van der Waals surface area contributed by atoms with E-state index in [-0.39, 0.29) is 10.8 Å². The average molecular weight is 489 g/mol. The van der Waals surface area contributed by atoms with Crippen LogP contribution in [0.1, 0.15) is 20.3 Å². The Morgan fingerprint density at radius 2 is 1.45 bits per heavy atom. The molecule has 9 heteroatoms. The summed E-state index contributed by atoms with van der Waals surface area (Å²) in [7, 11) is -3.79. The maximum absolute atomic E-state index is 12.7. The molecule has 0 saturated carbocycles. The average Bonchev–Trinajstić information content (AvgIpc) is 2.80. The van der Waals surface area contributed by atoms with Gasteiger partial charge in [0.15, 0.2) is 6.10 Å². The highest BCUT2D eigenvalue weighted by atomic mass is 35.5. The molecule has 0 heterocycles. The lowest BCUT2D eigenvalue weighted by molar-refractivity contribution is -0.122. The van der Waals surface area contributed by atoms with Gasteiger partial charge in [0.25, 0.3) is 15.9 Å². The minimum Gasteiger partial charge on any atom is -0.494 e. The van der Waals surface area contributed by atoms with Crippen molar-refractivity contribution in [2.45, 2.75) is 31.3 Å². The van der Waals surface area contributed by atoms with E-state index < -0.39 is 16.1 Å². The third-order valence-electron chi connectivity index (χ3n) is 4.60. The monoisotopic (exact) mass is 488 g/mol. The second-order valence-corrected chi connectivity index (χ2v) is 9.16. The lowest BCUT2D eigenvalue weighted by Crippen LogP contribution is -2.32. The molecule has 2 N–H and O–H groups in total. The fourth-order valence-electron chi connectivity index (χ4n) is 2.94. The fraction of sp³-hybridized carbons (Fsp3) is 0.208. The van der Waals surface area contributed by atoms with Crippen molar-refractivity contribution < 1.29 is 22.7 Å². The van der Waals surface area contributed by atoms with E-state index >= 15 is 0 Å². The van der Waals surface area contributed by atoms with Gasteiger partial charge in [-0.3, -0.25) is 9.52 Å². The minimum absolute atomic E-state index is 0.0684. The Labute approximate surface area is 198 Å². The number of amides is 1. The number of ether oxygens (including phenoxy) is 2. The van der Waals surface area contributed by atoms with E-state index in [1.165, 1.54) is 24.3 Å². The first-order valence-corrected chi connectivity index (χ1v) is 12.3. The molecule has 33 heavy (non-hydrogen) atoms. The first kappa shape index (κ1) is 24.4. The largest absolute Gasteiger partial charge is 0.494 e. The summed E-state index contributed by atoms with van der Waals surface area (Å²) in [6.07, 6.45) is -0.261. The van der Waals surface area contributed by atoms with E-state index in [1.54, 1.807) is 48.5 Å². The number of carbonyl (C=O) groups is 1. The van der Waals surface area contributed by atoms with Crippen molar-refractivity contribution in [2.75, 3.05) is 16.6 Å². The van der Waals surface area contributed by atoms with Crippen LogP contribution in [0.25, 0.3) is 0 Å². The van der Waals surface area contributed by atoms with Crippen LogP contribution in [0.5, 0.6) is 11.5 Å². The van der Waals surface area contributed by atoms with Crippen molar-refractivity contribution in [1.29, 1.82) is 0 Å². The summed E-state index contributed by atoms with van der Waals surface area (Å²) in [4.78, 5) is 12.7. The summed E-state index contributed by atoms with van der Waals surface area (Å²) >= 11 is 5.87. The molecule has 0 unspecified atom stereocenters. The van der Waals surface area contributed by atoms with Crippen LogP contribution < -0.4 is 19.5 Å². The topological polar surface area (TPSA) is 93.7 Å². The van der Waals surface area contributed by atoms with Crippen LogP contribution >= 0.6 is 11.6 Å². The van der Waals surface area contributed by atoms with Crippen molar-refractivity contribution >= 4 is 38.9 Å². The van der Waals surface area contributed by atoms with E-state index in [0.717, 1.165) is 0 Å². The summed E-state index contributed by atoms with van der Waals surface area (Å²) in [5, 5.41) is 3.33. The van der Waals surface area contributed by atoms with Gasteiger partial charge in [0.05, 0.1) is 11.5 Å². The van der Waals surface area contributed by atoms with Gasteiger partial charge in [-0.15, -0.1) is 0 Å². The molecular formula is C24H25ClN2O5S. The molecule has 0 aliphatic carbocycles. The zero-order chi connectivity index (χ0) is 23.8. The highest BCUT2D eigenvalue weighted by molar-refractivity contribution is 7.92. The van der Waals surface area contributed by atoms with Gasteiger partial charge in [0, 0.05) is 16.4 Å². The molecule has 0 bridgehead atoms. The van der Waals surface area contributed by atoms with Gasteiger partial charge in [-0.25, -0.2) is 8.42 Å². The smallest absolute Gasteiger partial charge is 0.265 e. The quantitative estimate of drug-likeness (QED) is 0.402. The summed E-state index contributed by atoms with van der Waals surface area (Å²) in [6, 6.07) is 19.3. The third-order valence-corrected chi connectivity index (χ3v) is 6.25. The maximum Gasteiger partial charge on any atom is 0.265 e. The summed E-state index contributed by atoms with van der Waals surface area (Å²) in [6.45, 7) is 4.24. The zero-order valence-corrected chi connectivity index (χ0v) is 19.8. The van der Waals surface area contributed by atoms with Crippen LogP contribution in [0.3, 0.4) is 0 Å².